The molecule has 0 N–H and O–H groups in total. The number of ketones is 1. The van der Waals surface area contributed by atoms with Gasteiger partial charge in [0.1, 0.15) is 5.41 Å². The Hall–Kier alpha value is -1.62. The van der Waals surface area contributed by atoms with Gasteiger partial charge in [0.25, 0.3) is 0 Å². The summed E-state index contributed by atoms with van der Waals surface area (Å²) in [7, 11) is 0. The van der Waals surface area contributed by atoms with Crippen LogP contribution in [0.2, 0.25) is 0 Å². The van der Waals surface area contributed by atoms with Crippen LogP contribution in [-0.2, 0) is 11.2 Å². The first-order valence-corrected chi connectivity index (χ1v) is 5.75. The Morgan fingerprint density at radius 1 is 1.25 bits per heavy atom. The van der Waals surface area contributed by atoms with E-state index in [9.17, 15) is 10.1 Å². The molecule has 0 heterocycles. The largest absolute Gasteiger partial charge is 0.298 e. The number of carbonyl (C=O) groups excluding carboxylic acids is 1. The Labute approximate surface area is 95.9 Å². The van der Waals surface area contributed by atoms with Gasteiger partial charge in [-0.2, -0.15) is 5.26 Å². The quantitative estimate of drug-likeness (QED) is 0.758. The topological polar surface area (TPSA) is 40.9 Å². The van der Waals surface area contributed by atoms with Crippen molar-refractivity contribution >= 4 is 5.78 Å². The van der Waals surface area contributed by atoms with Crippen LogP contribution in [0.5, 0.6) is 0 Å². The molecule has 2 rings (SSSR count). The second-order valence-electron chi connectivity index (χ2n) is 4.49. The number of benzene rings is 1. The Balaban J connectivity index is 2.23. The number of hydrogen-bond donors (Lipinski definition) is 0. The van der Waals surface area contributed by atoms with Crippen LogP contribution in [0, 0.1) is 16.7 Å². The summed E-state index contributed by atoms with van der Waals surface area (Å²) in [5, 5.41) is 9.30. The molecule has 1 fully saturated rings. The highest BCUT2D eigenvalue weighted by Gasteiger charge is 2.39. The predicted molar refractivity (Wildman–Crippen MR) is 61.7 cm³/mol. The van der Waals surface area contributed by atoms with Crippen LogP contribution in [0.4, 0.5) is 0 Å². The lowest BCUT2D eigenvalue weighted by atomic mass is 9.70. The molecule has 1 atom stereocenters. The van der Waals surface area contributed by atoms with Gasteiger partial charge >= 0.3 is 0 Å². The number of rotatable bonds is 2. The average Bonchev–Trinajstić information content (AvgIpc) is 2.34. The van der Waals surface area contributed by atoms with E-state index in [4.69, 9.17) is 0 Å². The van der Waals surface area contributed by atoms with E-state index in [1.165, 1.54) is 0 Å². The molecule has 2 nitrogen and oxygen atoms in total. The average molecular weight is 213 g/mol. The van der Waals surface area contributed by atoms with Crippen molar-refractivity contribution in [1.29, 1.82) is 5.26 Å². The van der Waals surface area contributed by atoms with Gasteiger partial charge in [-0.25, -0.2) is 0 Å². The second-order valence-corrected chi connectivity index (χ2v) is 4.49. The molecule has 0 spiro atoms. The molecule has 0 amide bonds. The van der Waals surface area contributed by atoms with Crippen LogP contribution in [0.15, 0.2) is 30.3 Å². The van der Waals surface area contributed by atoms with Gasteiger partial charge < -0.3 is 0 Å². The summed E-state index contributed by atoms with van der Waals surface area (Å²) in [5.41, 5.74) is 0.332. The smallest absolute Gasteiger partial charge is 0.153 e. The van der Waals surface area contributed by atoms with E-state index in [2.05, 4.69) is 6.07 Å². The third-order valence-corrected chi connectivity index (χ3v) is 3.35. The van der Waals surface area contributed by atoms with E-state index >= 15 is 0 Å². The van der Waals surface area contributed by atoms with Crippen molar-refractivity contribution in [3.05, 3.63) is 35.9 Å². The number of hydrogen-bond acceptors (Lipinski definition) is 2. The van der Waals surface area contributed by atoms with Crippen LogP contribution < -0.4 is 0 Å². The monoisotopic (exact) mass is 213 g/mol. The van der Waals surface area contributed by atoms with E-state index in [0.29, 0.717) is 12.8 Å². The lowest BCUT2D eigenvalue weighted by Gasteiger charge is -2.29. The molecule has 0 saturated heterocycles. The van der Waals surface area contributed by atoms with Crippen molar-refractivity contribution in [3.63, 3.8) is 0 Å². The van der Waals surface area contributed by atoms with E-state index in [1.54, 1.807) is 0 Å². The van der Waals surface area contributed by atoms with Gasteiger partial charge in [0.05, 0.1) is 6.07 Å². The molecule has 16 heavy (non-hydrogen) atoms. The van der Waals surface area contributed by atoms with Gasteiger partial charge in [0.15, 0.2) is 5.78 Å². The highest BCUT2D eigenvalue weighted by Crippen LogP contribution is 2.35. The molecule has 1 aliphatic rings. The Morgan fingerprint density at radius 2 is 2.00 bits per heavy atom. The molecular formula is C14H15NO. The molecule has 1 aromatic rings. The fraction of sp³-hybridized carbons (Fsp3) is 0.429. The van der Waals surface area contributed by atoms with Gasteiger partial charge in [-0.05, 0) is 24.8 Å². The third kappa shape index (κ3) is 1.99. The summed E-state index contributed by atoms with van der Waals surface area (Å²) in [4.78, 5) is 11.9. The fourth-order valence-electron chi connectivity index (χ4n) is 2.38. The van der Waals surface area contributed by atoms with Gasteiger partial charge in [-0.1, -0.05) is 36.8 Å². The first-order valence-electron chi connectivity index (χ1n) is 5.75. The highest BCUT2D eigenvalue weighted by molar-refractivity contribution is 5.88. The zero-order chi connectivity index (χ0) is 11.4. The van der Waals surface area contributed by atoms with Crippen LogP contribution >= 0.6 is 0 Å². The molecule has 0 unspecified atom stereocenters. The molecule has 1 saturated carbocycles. The fourth-order valence-corrected chi connectivity index (χ4v) is 2.38. The van der Waals surface area contributed by atoms with Crippen molar-refractivity contribution in [2.45, 2.75) is 32.1 Å². The highest BCUT2D eigenvalue weighted by atomic mass is 16.1. The van der Waals surface area contributed by atoms with E-state index in [0.717, 1.165) is 24.8 Å². The molecule has 82 valence electrons. The maximum absolute atomic E-state index is 11.9. The van der Waals surface area contributed by atoms with Crippen LogP contribution in [0.25, 0.3) is 0 Å². The number of nitriles is 1. The summed E-state index contributed by atoms with van der Waals surface area (Å²) in [6, 6.07) is 12.1. The molecule has 0 bridgehead atoms. The minimum atomic E-state index is -0.750. The normalized spacial score (nSPS) is 25.1. The summed E-state index contributed by atoms with van der Waals surface area (Å²) in [6.07, 6.45) is 3.80. The summed E-state index contributed by atoms with van der Waals surface area (Å²) in [6.45, 7) is 0. The Morgan fingerprint density at radius 3 is 2.62 bits per heavy atom. The second kappa shape index (κ2) is 4.49. The molecule has 0 aromatic heterocycles. The van der Waals surface area contributed by atoms with Crippen LogP contribution in [0.1, 0.15) is 31.2 Å². The SMILES string of the molecule is N#C[C@]1(Cc2ccccc2)CCCCC1=O. The molecule has 0 aliphatic heterocycles. The first kappa shape index (κ1) is 10.9. The molecule has 0 radical (unpaired) electrons. The lowest BCUT2D eigenvalue weighted by molar-refractivity contribution is -0.128. The zero-order valence-electron chi connectivity index (χ0n) is 9.28. The Kier molecular flexibility index (Phi) is 3.05. The van der Waals surface area contributed by atoms with E-state index in [1.807, 2.05) is 30.3 Å². The third-order valence-electron chi connectivity index (χ3n) is 3.35. The summed E-state index contributed by atoms with van der Waals surface area (Å²) < 4.78 is 0. The lowest BCUT2D eigenvalue weighted by Crippen LogP contribution is -2.34. The van der Waals surface area contributed by atoms with Crippen molar-refractivity contribution in [2.75, 3.05) is 0 Å². The van der Waals surface area contributed by atoms with Crippen molar-refractivity contribution in [2.24, 2.45) is 5.41 Å². The number of Topliss-reactive ketones (excluding diaryl/α,β-unsaturated/α-hetero) is 1. The van der Waals surface area contributed by atoms with Gasteiger partial charge in [0.2, 0.25) is 0 Å². The zero-order valence-corrected chi connectivity index (χ0v) is 9.28. The van der Waals surface area contributed by atoms with Crippen LogP contribution in [-0.4, -0.2) is 5.78 Å². The van der Waals surface area contributed by atoms with Crippen LogP contribution in [0.3, 0.4) is 0 Å². The molecular weight excluding hydrogens is 198 g/mol. The number of carbonyl (C=O) groups is 1. The molecule has 1 aliphatic carbocycles. The maximum Gasteiger partial charge on any atom is 0.153 e. The van der Waals surface area contributed by atoms with Gasteiger partial charge in [-0.3, -0.25) is 4.79 Å². The molecule has 2 heteroatoms. The minimum absolute atomic E-state index is 0.130. The predicted octanol–water partition coefficient (Wildman–Crippen LogP) is 2.88. The van der Waals surface area contributed by atoms with Crippen molar-refractivity contribution < 1.29 is 4.79 Å². The molecule has 1 aromatic carbocycles. The summed E-state index contributed by atoms with van der Waals surface area (Å²) >= 11 is 0. The van der Waals surface area contributed by atoms with E-state index < -0.39 is 5.41 Å². The van der Waals surface area contributed by atoms with Crippen molar-refractivity contribution in [3.8, 4) is 6.07 Å². The Bertz CT molecular complexity index is 418. The number of nitrogens with zero attached hydrogens (tertiary/aromatic N) is 1. The minimum Gasteiger partial charge on any atom is -0.298 e. The van der Waals surface area contributed by atoms with Crippen molar-refractivity contribution in [1.82, 2.24) is 0 Å². The first-order chi connectivity index (χ1) is 7.77. The maximum atomic E-state index is 11.9. The summed E-state index contributed by atoms with van der Waals surface area (Å²) in [5.74, 6) is 0.130. The standard InChI is InChI=1S/C14H15NO/c15-11-14(9-5-4-8-13(14)16)10-12-6-2-1-3-7-12/h1-3,6-7H,4-5,8-10H2/t14-/m1/s1. The van der Waals surface area contributed by atoms with Gasteiger partial charge in [-0.15, -0.1) is 0 Å². The van der Waals surface area contributed by atoms with E-state index in [-0.39, 0.29) is 5.78 Å². The van der Waals surface area contributed by atoms with Gasteiger partial charge in [0, 0.05) is 6.42 Å².